The Balaban J connectivity index is 1.20. The number of alkyl carbamates (subject to hydrolysis) is 1. The van der Waals surface area contributed by atoms with E-state index in [1.54, 1.807) is 0 Å². The summed E-state index contributed by atoms with van der Waals surface area (Å²) in [6, 6.07) is 10.7. The summed E-state index contributed by atoms with van der Waals surface area (Å²) < 4.78 is 80.3. The second-order valence-corrected chi connectivity index (χ2v) is 15.2. The van der Waals surface area contributed by atoms with Crippen molar-refractivity contribution < 1.29 is 46.1 Å². The summed E-state index contributed by atoms with van der Waals surface area (Å²) in [5, 5.41) is 14.4. The molecule has 260 valence electrons. The van der Waals surface area contributed by atoms with Crippen molar-refractivity contribution in [3.63, 3.8) is 0 Å². The lowest BCUT2D eigenvalue weighted by Gasteiger charge is -2.31. The van der Waals surface area contributed by atoms with E-state index in [-0.39, 0.29) is 48.4 Å². The number of hydrogen-bond donors (Lipinski definition) is 2. The lowest BCUT2D eigenvalue weighted by atomic mass is 9.98. The van der Waals surface area contributed by atoms with E-state index >= 15 is 0 Å². The first kappa shape index (κ1) is 30.6. The van der Waals surface area contributed by atoms with Crippen molar-refractivity contribution >= 4 is 16.1 Å². The highest BCUT2D eigenvalue weighted by molar-refractivity contribution is 7.89. The minimum Gasteiger partial charge on any atom is -0.454 e. The van der Waals surface area contributed by atoms with Crippen molar-refractivity contribution in [3.8, 4) is 11.5 Å². The smallest absolute Gasteiger partial charge is 0.407 e. The van der Waals surface area contributed by atoms with Crippen LogP contribution >= 0.6 is 0 Å². The molecule has 2 saturated heterocycles. The van der Waals surface area contributed by atoms with E-state index in [9.17, 15) is 18.3 Å². The summed E-state index contributed by atoms with van der Waals surface area (Å²) >= 11 is 0. The standard InChI is InChI=1S/C36H46N2O9S/c1-23(2)19-38(48(41,42)28-12-13-32-33(18-28)46-22-45-32)20-31(39)30(37-36(40)47-34-21-44-35-29(34)14-15-43-35)17-27-10-7-25(8-11-27)6-9-26-5-4-24(3)16-26/h5,7-8,10-13,16,18,23,29-31,34-35,39H,4,6,9,14-15,17,19-22H2,1-3H3,(H,37,40)/t29-,30-,31+,34-,35+/m0/s1/i22D2,34D. The summed E-state index contributed by atoms with van der Waals surface area (Å²) in [5.74, 6) is -0.577. The Kier molecular flexibility index (Phi) is 9.57. The van der Waals surface area contributed by atoms with Crippen molar-refractivity contribution in [3.05, 3.63) is 76.9 Å². The van der Waals surface area contributed by atoms with Gasteiger partial charge in [0.05, 0.1) is 37.5 Å². The normalized spacial score (nSPS) is 26.3. The minimum absolute atomic E-state index is 0.0436. The Morgan fingerprint density at radius 2 is 1.88 bits per heavy atom. The summed E-state index contributed by atoms with van der Waals surface area (Å²) in [6.07, 6.45) is 3.26. The lowest BCUT2D eigenvalue weighted by molar-refractivity contribution is -0.0907. The number of benzene rings is 2. The largest absolute Gasteiger partial charge is 0.454 e. The zero-order valence-corrected chi connectivity index (χ0v) is 28.3. The van der Waals surface area contributed by atoms with E-state index in [2.05, 4.69) is 24.4 Å². The van der Waals surface area contributed by atoms with E-state index in [0.717, 1.165) is 34.7 Å². The molecule has 0 bridgehead atoms. The van der Waals surface area contributed by atoms with E-state index in [4.69, 9.17) is 27.8 Å². The minimum atomic E-state index is -4.24. The number of hydrogen-bond acceptors (Lipinski definition) is 9. The van der Waals surface area contributed by atoms with Gasteiger partial charge in [-0.05, 0) is 68.2 Å². The molecule has 0 unspecified atom stereocenters. The number of fused-ring (bicyclic) bond motifs is 2. The molecule has 5 atom stereocenters. The molecule has 0 aromatic heterocycles. The van der Waals surface area contributed by atoms with Gasteiger partial charge in [-0.25, -0.2) is 13.2 Å². The number of ether oxygens (including phenoxy) is 5. The van der Waals surface area contributed by atoms with Gasteiger partial charge >= 0.3 is 6.09 Å². The third-order valence-electron chi connectivity index (χ3n) is 8.95. The second-order valence-electron chi connectivity index (χ2n) is 13.2. The molecule has 0 saturated carbocycles. The zero-order chi connectivity index (χ0) is 36.6. The number of sulfonamides is 1. The van der Waals surface area contributed by atoms with Crippen LogP contribution in [0.5, 0.6) is 11.5 Å². The van der Waals surface area contributed by atoms with Crippen molar-refractivity contribution in [1.29, 1.82) is 0 Å². The van der Waals surface area contributed by atoms with Crippen molar-refractivity contribution in [2.24, 2.45) is 11.8 Å². The molecule has 0 radical (unpaired) electrons. The molecule has 2 aromatic carbocycles. The Morgan fingerprint density at radius 1 is 1.10 bits per heavy atom. The number of nitrogens with one attached hydrogen (secondary N) is 1. The monoisotopic (exact) mass is 685 g/mol. The highest BCUT2D eigenvalue weighted by Gasteiger charge is 2.44. The Labute approximate surface area is 287 Å². The molecule has 1 aliphatic carbocycles. The maximum absolute atomic E-state index is 14.0. The van der Waals surface area contributed by atoms with Gasteiger partial charge in [-0.3, -0.25) is 0 Å². The quantitative estimate of drug-likeness (QED) is 0.290. The van der Waals surface area contributed by atoms with Crippen LogP contribution in [0.4, 0.5) is 4.79 Å². The van der Waals surface area contributed by atoms with E-state index in [0.29, 0.717) is 13.0 Å². The number of carbonyl (C=O) groups excluding carboxylic acids is 1. The molecule has 12 heteroatoms. The van der Waals surface area contributed by atoms with Gasteiger partial charge in [-0.1, -0.05) is 61.4 Å². The van der Waals surface area contributed by atoms with Crippen molar-refractivity contribution in [2.75, 3.05) is 33.0 Å². The van der Waals surface area contributed by atoms with Crippen molar-refractivity contribution in [2.45, 2.75) is 82.3 Å². The summed E-state index contributed by atoms with van der Waals surface area (Å²) in [7, 11) is -4.24. The Morgan fingerprint density at radius 3 is 2.62 bits per heavy atom. The van der Waals surface area contributed by atoms with Crippen LogP contribution in [0.25, 0.3) is 0 Å². The van der Waals surface area contributed by atoms with E-state index < -0.39 is 53.3 Å². The van der Waals surface area contributed by atoms with Crippen LogP contribution in [0, 0.1) is 11.8 Å². The number of aliphatic hydroxyl groups excluding tert-OH is 1. The third-order valence-corrected chi connectivity index (χ3v) is 10.8. The van der Waals surface area contributed by atoms with Gasteiger partial charge < -0.3 is 34.1 Å². The first-order chi connectivity index (χ1) is 24.1. The molecule has 2 aromatic rings. The third kappa shape index (κ3) is 8.23. The van der Waals surface area contributed by atoms with Crippen molar-refractivity contribution in [1.82, 2.24) is 9.62 Å². The fourth-order valence-corrected chi connectivity index (χ4v) is 8.01. The molecule has 11 nitrogen and oxygen atoms in total. The molecule has 2 N–H and O–H groups in total. The van der Waals surface area contributed by atoms with Gasteiger partial charge in [0.2, 0.25) is 16.8 Å². The number of aliphatic hydroxyl groups is 1. The highest BCUT2D eigenvalue weighted by Crippen LogP contribution is 2.35. The van der Waals surface area contributed by atoms with Crippen LogP contribution in [0.15, 0.2) is 70.7 Å². The van der Waals surface area contributed by atoms with Crippen LogP contribution in [0.2, 0.25) is 0 Å². The van der Waals surface area contributed by atoms with Gasteiger partial charge in [0.15, 0.2) is 17.8 Å². The van der Waals surface area contributed by atoms with Gasteiger partial charge in [0, 0.05) is 19.2 Å². The molecule has 48 heavy (non-hydrogen) atoms. The first-order valence-corrected chi connectivity index (χ1v) is 17.9. The molecular weight excluding hydrogens is 636 g/mol. The summed E-state index contributed by atoms with van der Waals surface area (Å²) in [4.78, 5) is 13.2. The van der Waals surface area contributed by atoms with Gasteiger partial charge in [-0.2, -0.15) is 4.31 Å². The maximum Gasteiger partial charge on any atom is 0.407 e. The van der Waals surface area contributed by atoms with Gasteiger partial charge in [0.25, 0.3) is 0 Å². The number of carbonyl (C=O) groups is 1. The van der Waals surface area contributed by atoms with Crippen LogP contribution in [-0.4, -0.2) is 81.5 Å². The van der Waals surface area contributed by atoms with Gasteiger partial charge in [0.1, 0.15) is 8.82 Å². The number of rotatable bonds is 14. The van der Waals surface area contributed by atoms with Crippen LogP contribution in [0.3, 0.4) is 0 Å². The maximum atomic E-state index is 14.0. The predicted molar refractivity (Wildman–Crippen MR) is 178 cm³/mol. The average Bonchev–Trinajstić information content (AvgIpc) is 3.84. The Hall–Kier alpha value is -3.42. The summed E-state index contributed by atoms with van der Waals surface area (Å²) in [5.41, 5.74) is 4.61. The molecule has 6 rings (SSSR count). The molecule has 1 amide bonds. The number of aryl methyl sites for hydroxylation is 1. The molecular formula is C36H46N2O9S. The summed E-state index contributed by atoms with van der Waals surface area (Å²) in [6.45, 7) is 3.27. The number of allylic oxidation sites excluding steroid dienone is 4. The Bertz CT molecular complexity index is 1770. The van der Waals surface area contributed by atoms with Crippen LogP contribution in [0.1, 0.15) is 55.3 Å². The molecule has 2 fully saturated rings. The predicted octanol–water partition coefficient (Wildman–Crippen LogP) is 4.73. The second kappa shape index (κ2) is 15.0. The van der Waals surface area contributed by atoms with Crippen LogP contribution < -0.4 is 14.8 Å². The van der Waals surface area contributed by atoms with Crippen LogP contribution in [-0.2, 0) is 37.1 Å². The van der Waals surface area contributed by atoms with E-state index in [1.165, 1.54) is 29.3 Å². The fourth-order valence-electron chi connectivity index (χ4n) is 6.37. The zero-order valence-electron chi connectivity index (χ0n) is 30.5. The molecule has 4 aliphatic rings. The average molecular weight is 686 g/mol. The molecule has 3 aliphatic heterocycles. The fraction of sp³-hybridized carbons (Fsp3) is 0.528. The SMILES string of the molecule is [2H]C1([2H])Oc2ccc(S(=O)(=O)N(CC(C)C)C[C@@H](O)[C@H](Cc3ccc(CCC4=CCC(C)=C4)cc3)NC(=O)O[C@@]3([2H])CO[C@H]4OCC[C@H]43)cc2O1. The lowest BCUT2D eigenvalue weighted by Crippen LogP contribution is -2.51. The molecule has 0 spiro atoms. The first-order valence-electron chi connectivity index (χ1n) is 18.0. The number of amides is 1. The number of nitrogens with zero attached hydrogens (tertiary/aromatic N) is 1. The highest BCUT2D eigenvalue weighted by atomic mass is 32.2. The van der Waals surface area contributed by atoms with E-state index in [1.807, 2.05) is 38.1 Å². The topological polar surface area (TPSA) is 133 Å². The molecule has 3 heterocycles. The van der Waals surface area contributed by atoms with Gasteiger partial charge in [-0.15, -0.1) is 0 Å².